The van der Waals surface area contributed by atoms with Gasteiger partial charge in [-0.3, -0.25) is 19.3 Å². The van der Waals surface area contributed by atoms with E-state index in [2.05, 4.69) is 20.1 Å². The number of aromatic nitrogens is 1. The zero-order valence-electron chi connectivity index (χ0n) is 24.0. The maximum absolute atomic E-state index is 15.1. The summed E-state index contributed by atoms with van der Waals surface area (Å²) < 4.78 is 22.3. The van der Waals surface area contributed by atoms with Crippen molar-refractivity contribution in [2.45, 2.75) is 44.4 Å². The van der Waals surface area contributed by atoms with E-state index in [1.165, 1.54) is 11.0 Å². The van der Waals surface area contributed by atoms with Crippen LogP contribution >= 0.6 is 0 Å². The van der Waals surface area contributed by atoms with Crippen molar-refractivity contribution in [1.29, 1.82) is 0 Å². The van der Waals surface area contributed by atoms with E-state index in [-0.39, 0.29) is 35.0 Å². The highest BCUT2D eigenvalue weighted by Gasteiger charge is 2.48. The molecule has 2 N–H and O–H groups in total. The Balaban J connectivity index is 1.11. The summed E-state index contributed by atoms with van der Waals surface area (Å²) in [6.07, 6.45) is 2.98. The monoisotopic (exact) mass is 573 g/mol. The van der Waals surface area contributed by atoms with Gasteiger partial charge in [0.15, 0.2) is 0 Å². The van der Waals surface area contributed by atoms with Crippen molar-refractivity contribution in [2.75, 3.05) is 39.2 Å². The standard InChI is InChI=1S/C32H36FN5O4/c1-36(2)31(41)22-6-7-23(26(33)16-22)18-37-14-15-38-27(10-11-28(38)32(37)12-3-13-32)30(40)34-17-21-4-8-25(9-5-21)35-29(39)24-19-42-20-24/h4-11,16,24H,3,12-15,17-20H2,1-2H3,(H,34,40)(H,35,39). The molecular weight excluding hydrogens is 537 g/mol. The maximum Gasteiger partial charge on any atom is 0.268 e. The fraction of sp³-hybridized carbons (Fsp3) is 0.406. The van der Waals surface area contributed by atoms with E-state index in [4.69, 9.17) is 4.74 Å². The molecule has 42 heavy (non-hydrogen) atoms. The normalized spacial score (nSPS) is 17.6. The molecular formula is C32H36FN5O4. The number of amides is 3. The van der Waals surface area contributed by atoms with Gasteiger partial charge < -0.3 is 24.8 Å². The van der Waals surface area contributed by atoms with E-state index in [9.17, 15) is 14.4 Å². The van der Waals surface area contributed by atoms with Crippen LogP contribution < -0.4 is 10.6 Å². The lowest BCUT2D eigenvalue weighted by Crippen LogP contribution is -2.56. The Kier molecular flexibility index (Phi) is 7.59. The Morgan fingerprint density at radius 2 is 1.79 bits per heavy atom. The van der Waals surface area contributed by atoms with E-state index in [1.807, 2.05) is 36.4 Å². The average Bonchev–Trinajstić information content (AvgIpc) is 3.35. The predicted molar refractivity (Wildman–Crippen MR) is 155 cm³/mol. The molecule has 0 radical (unpaired) electrons. The third kappa shape index (κ3) is 5.20. The molecule has 3 aromatic rings. The summed E-state index contributed by atoms with van der Waals surface area (Å²) in [5.41, 5.74) is 4.05. The van der Waals surface area contributed by atoms with Gasteiger partial charge in [0, 0.05) is 62.8 Å². The van der Waals surface area contributed by atoms with Gasteiger partial charge in [-0.25, -0.2) is 4.39 Å². The van der Waals surface area contributed by atoms with Crippen LogP contribution in [-0.4, -0.2) is 65.9 Å². The molecule has 2 aromatic carbocycles. The Bertz CT molecular complexity index is 1510. The Morgan fingerprint density at radius 3 is 2.40 bits per heavy atom. The van der Waals surface area contributed by atoms with Gasteiger partial charge in [-0.1, -0.05) is 18.2 Å². The third-order valence-electron chi connectivity index (χ3n) is 8.82. The number of rotatable bonds is 8. The number of ether oxygens (including phenoxy) is 1. The molecule has 1 aromatic heterocycles. The van der Waals surface area contributed by atoms with E-state index in [0.717, 1.165) is 36.2 Å². The van der Waals surface area contributed by atoms with E-state index in [0.29, 0.717) is 56.2 Å². The Morgan fingerprint density at radius 1 is 1.02 bits per heavy atom. The first kappa shape index (κ1) is 28.1. The summed E-state index contributed by atoms with van der Waals surface area (Å²) in [4.78, 5) is 41.4. The average molecular weight is 574 g/mol. The van der Waals surface area contributed by atoms with Crippen LogP contribution in [0.2, 0.25) is 0 Å². The molecule has 2 aliphatic heterocycles. The molecule has 1 saturated carbocycles. The van der Waals surface area contributed by atoms with Crippen LogP contribution in [0.3, 0.4) is 0 Å². The first-order valence-corrected chi connectivity index (χ1v) is 14.5. The topological polar surface area (TPSA) is 95.9 Å². The van der Waals surface area contributed by atoms with Crippen LogP contribution in [0.15, 0.2) is 54.6 Å². The summed E-state index contributed by atoms with van der Waals surface area (Å²) in [5, 5.41) is 5.93. The van der Waals surface area contributed by atoms with Gasteiger partial charge in [0.05, 0.1) is 24.7 Å². The maximum atomic E-state index is 15.1. The highest BCUT2D eigenvalue weighted by molar-refractivity contribution is 5.94. The lowest BCUT2D eigenvalue weighted by molar-refractivity contribution is -0.133. The molecule has 9 nitrogen and oxygen atoms in total. The summed E-state index contributed by atoms with van der Waals surface area (Å²) in [5.74, 6) is -0.864. The zero-order valence-corrected chi connectivity index (χ0v) is 24.0. The molecule has 2 fully saturated rings. The number of anilines is 1. The fourth-order valence-corrected chi connectivity index (χ4v) is 6.11. The molecule has 0 bridgehead atoms. The zero-order chi connectivity index (χ0) is 29.4. The largest absolute Gasteiger partial charge is 0.380 e. The van der Waals surface area contributed by atoms with Crippen molar-refractivity contribution in [3.8, 4) is 0 Å². The number of nitrogens with zero attached hydrogens (tertiary/aromatic N) is 3. The minimum Gasteiger partial charge on any atom is -0.380 e. The minimum atomic E-state index is -0.374. The highest BCUT2D eigenvalue weighted by Crippen LogP contribution is 2.49. The predicted octanol–water partition coefficient (Wildman–Crippen LogP) is 3.74. The smallest absolute Gasteiger partial charge is 0.268 e. The van der Waals surface area contributed by atoms with Crippen molar-refractivity contribution >= 4 is 23.4 Å². The fourth-order valence-electron chi connectivity index (χ4n) is 6.11. The number of hydrogen-bond acceptors (Lipinski definition) is 5. The van der Waals surface area contributed by atoms with E-state index < -0.39 is 0 Å². The summed E-state index contributed by atoms with van der Waals surface area (Å²) >= 11 is 0. The number of hydrogen-bond donors (Lipinski definition) is 2. The molecule has 1 spiro atoms. The first-order valence-electron chi connectivity index (χ1n) is 14.5. The van der Waals surface area contributed by atoms with Crippen LogP contribution in [0.5, 0.6) is 0 Å². The van der Waals surface area contributed by atoms with Crippen molar-refractivity contribution in [3.05, 3.63) is 88.5 Å². The molecule has 6 rings (SSSR count). The van der Waals surface area contributed by atoms with Crippen molar-refractivity contribution < 1.29 is 23.5 Å². The number of benzene rings is 2. The SMILES string of the molecule is CN(C)C(=O)c1ccc(CN2CCn3c(C(=O)NCc4ccc(NC(=O)C5COC5)cc4)ccc3C23CCC3)c(F)c1. The van der Waals surface area contributed by atoms with Gasteiger partial charge in [0.2, 0.25) is 5.91 Å². The van der Waals surface area contributed by atoms with Crippen molar-refractivity contribution in [3.63, 3.8) is 0 Å². The van der Waals surface area contributed by atoms with Crippen LogP contribution in [0, 0.1) is 11.7 Å². The van der Waals surface area contributed by atoms with Gasteiger partial charge in [-0.2, -0.15) is 0 Å². The highest BCUT2D eigenvalue weighted by atomic mass is 19.1. The van der Waals surface area contributed by atoms with Gasteiger partial charge in [-0.15, -0.1) is 0 Å². The summed E-state index contributed by atoms with van der Waals surface area (Å²) in [6, 6.07) is 16.1. The second-order valence-electron chi connectivity index (χ2n) is 11.7. The quantitative estimate of drug-likeness (QED) is 0.428. The number of halogens is 1. The van der Waals surface area contributed by atoms with Gasteiger partial charge in [0.25, 0.3) is 11.8 Å². The van der Waals surface area contributed by atoms with Gasteiger partial charge in [-0.05, 0) is 61.2 Å². The number of carbonyl (C=O) groups is 3. The minimum absolute atomic E-state index is 0.0392. The van der Waals surface area contributed by atoms with Crippen LogP contribution in [0.25, 0.3) is 0 Å². The number of carbonyl (C=O) groups excluding carboxylic acids is 3. The molecule has 1 aliphatic carbocycles. The lowest BCUT2D eigenvalue weighted by atomic mass is 9.71. The molecule has 3 heterocycles. The van der Waals surface area contributed by atoms with Crippen LogP contribution in [0.4, 0.5) is 10.1 Å². The molecule has 0 atom stereocenters. The van der Waals surface area contributed by atoms with E-state index in [1.54, 1.807) is 26.2 Å². The Labute approximate surface area is 244 Å². The van der Waals surface area contributed by atoms with Gasteiger partial charge >= 0.3 is 0 Å². The Hall–Kier alpha value is -4.02. The van der Waals surface area contributed by atoms with Crippen LogP contribution in [0.1, 0.15) is 56.9 Å². The molecule has 0 unspecified atom stereocenters. The summed E-state index contributed by atoms with van der Waals surface area (Å²) in [7, 11) is 3.30. The molecule has 220 valence electrons. The number of fused-ring (bicyclic) bond motifs is 2. The second kappa shape index (κ2) is 11.3. The lowest BCUT2D eigenvalue weighted by Gasteiger charge is -2.53. The van der Waals surface area contributed by atoms with Crippen LogP contribution in [-0.2, 0) is 34.7 Å². The van der Waals surface area contributed by atoms with Crippen molar-refractivity contribution in [1.82, 2.24) is 19.7 Å². The second-order valence-corrected chi connectivity index (χ2v) is 11.7. The summed E-state index contributed by atoms with van der Waals surface area (Å²) in [6.45, 7) is 3.06. The van der Waals surface area contributed by atoms with Gasteiger partial charge in [0.1, 0.15) is 11.5 Å². The third-order valence-corrected chi connectivity index (χ3v) is 8.82. The molecule has 10 heteroatoms. The molecule has 3 aliphatic rings. The van der Waals surface area contributed by atoms with Crippen molar-refractivity contribution in [2.24, 2.45) is 5.92 Å². The molecule has 1 saturated heterocycles. The number of nitrogens with one attached hydrogen (secondary N) is 2. The van der Waals surface area contributed by atoms with E-state index >= 15 is 4.39 Å². The first-order chi connectivity index (χ1) is 20.2. The molecule has 3 amide bonds.